The Labute approximate surface area is 178 Å². The molecule has 3 aromatic rings. The van der Waals surface area contributed by atoms with Gasteiger partial charge < -0.3 is 0 Å². The number of carbonyl (C=O) groups is 1. The molecule has 0 atom stereocenters. The van der Waals surface area contributed by atoms with E-state index in [0.29, 0.717) is 11.3 Å². The molecular formula is C19H18N6O5S. The van der Waals surface area contributed by atoms with Crippen molar-refractivity contribution >= 4 is 34.4 Å². The summed E-state index contributed by atoms with van der Waals surface area (Å²) in [4.78, 5) is 20.3. The smallest absolute Gasteiger partial charge is 0.278 e. The molecule has 0 aliphatic heterocycles. The molecule has 3 rings (SSSR count). The predicted molar refractivity (Wildman–Crippen MR) is 115 cm³/mol. The van der Waals surface area contributed by atoms with Crippen LogP contribution < -0.4 is 10.9 Å². The Hall–Kier alpha value is -4.00. The lowest BCUT2D eigenvalue weighted by Crippen LogP contribution is -2.17. The molecule has 0 saturated heterocycles. The third-order valence-corrected chi connectivity index (χ3v) is 3.28. The lowest BCUT2D eigenvalue weighted by atomic mass is 10.2. The van der Waals surface area contributed by atoms with E-state index in [1.807, 2.05) is 30.3 Å². The number of amides is 1. The quantitative estimate of drug-likeness (QED) is 0.256. The normalized spacial score (nSPS) is 11.0. The molecule has 0 radical (unpaired) electrons. The van der Waals surface area contributed by atoms with Gasteiger partial charge in [-0.15, -0.1) is 0 Å². The van der Waals surface area contributed by atoms with Gasteiger partial charge in [-0.1, -0.05) is 12.1 Å². The van der Waals surface area contributed by atoms with Gasteiger partial charge in [0.15, 0.2) is 0 Å². The molecule has 0 fully saturated rings. The highest BCUT2D eigenvalue weighted by Gasteiger charge is 2.03. The first-order chi connectivity index (χ1) is 14.8. The molecule has 0 aliphatic rings. The monoisotopic (exact) mass is 442 g/mol. The summed E-state index contributed by atoms with van der Waals surface area (Å²) in [6.45, 7) is 0. The summed E-state index contributed by atoms with van der Waals surface area (Å²) in [5.74, 6) is -0.305. The first-order valence-corrected chi connectivity index (χ1v) is 9.95. The van der Waals surface area contributed by atoms with E-state index in [1.54, 1.807) is 48.9 Å². The van der Waals surface area contributed by atoms with Crippen LogP contribution in [0.25, 0.3) is 0 Å². The van der Waals surface area contributed by atoms with Gasteiger partial charge in [-0.2, -0.15) is 18.6 Å². The first-order valence-electron chi connectivity index (χ1n) is 8.56. The zero-order valence-electron chi connectivity index (χ0n) is 15.9. The van der Waals surface area contributed by atoms with E-state index in [4.69, 9.17) is 17.5 Å². The van der Waals surface area contributed by atoms with Gasteiger partial charge in [-0.25, -0.2) is 5.43 Å². The number of hydrogen-bond donors (Lipinski definition) is 4. The van der Waals surface area contributed by atoms with Crippen LogP contribution in [0.5, 0.6) is 0 Å². The van der Waals surface area contributed by atoms with Crippen molar-refractivity contribution in [3.63, 3.8) is 0 Å². The molecule has 0 bridgehead atoms. The van der Waals surface area contributed by atoms with Crippen LogP contribution in [0.3, 0.4) is 0 Å². The molecule has 11 nitrogen and oxygen atoms in total. The number of pyridine rings is 2. The topological polar surface area (TPSA) is 166 Å². The maximum atomic E-state index is 12.0. The fourth-order valence-corrected chi connectivity index (χ4v) is 2.00. The summed E-state index contributed by atoms with van der Waals surface area (Å²) in [6.07, 6.45) is 6.46. The third kappa shape index (κ3) is 10.4. The number of hydrazone groups is 2. The molecule has 4 N–H and O–H groups in total. The van der Waals surface area contributed by atoms with E-state index in [2.05, 4.69) is 31.0 Å². The van der Waals surface area contributed by atoms with E-state index in [1.165, 1.54) is 6.21 Å². The molecular weight excluding hydrogens is 424 g/mol. The summed E-state index contributed by atoms with van der Waals surface area (Å²) in [5.41, 5.74) is 8.01. The minimum atomic E-state index is -4.67. The standard InChI is InChI=1S/C19H16N6O.H2O4S/c26-19(25-23-14-18-6-2-4-12-21-18)15-7-9-16(10-8-15)24-22-13-17-5-1-3-11-20-17;1-5(2,3)4/h1-14,24H,(H,25,26);(H2,1,2,3,4)/b22-13+,23-14+;. The van der Waals surface area contributed by atoms with Crippen molar-refractivity contribution in [2.45, 2.75) is 0 Å². The number of nitrogens with one attached hydrogen (secondary N) is 2. The number of nitrogens with zero attached hydrogens (tertiary/aromatic N) is 4. The molecule has 1 aromatic carbocycles. The first kappa shape index (κ1) is 23.3. The maximum absolute atomic E-state index is 12.0. The number of hydrogen-bond acceptors (Lipinski definition) is 8. The molecule has 0 aliphatic carbocycles. The summed E-state index contributed by atoms with van der Waals surface area (Å²) in [5, 5.41) is 7.99. The average molecular weight is 442 g/mol. The third-order valence-electron chi connectivity index (χ3n) is 3.28. The van der Waals surface area contributed by atoms with Crippen LogP contribution in [0.4, 0.5) is 5.69 Å². The summed E-state index contributed by atoms with van der Waals surface area (Å²) in [6, 6.07) is 17.9. The van der Waals surface area contributed by atoms with Crippen LogP contribution in [-0.2, 0) is 10.4 Å². The van der Waals surface area contributed by atoms with Gasteiger partial charge in [0.2, 0.25) is 0 Å². The molecule has 1 amide bonds. The van der Waals surface area contributed by atoms with E-state index < -0.39 is 10.4 Å². The van der Waals surface area contributed by atoms with Gasteiger partial charge in [0.1, 0.15) is 0 Å². The summed E-state index contributed by atoms with van der Waals surface area (Å²) >= 11 is 0. The fraction of sp³-hybridized carbons (Fsp3) is 0. The second kappa shape index (κ2) is 11.9. The van der Waals surface area contributed by atoms with Crippen LogP contribution in [0, 0.1) is 0 Å². The van der Waals surface area contributed by atoms with Crippen LogP contribution in [0.2, 0.25) is 0 Å². The SMILES string of the molecule is O=C(N/N=C/c1ccccn1)c1ccc(N/N=C/c2ccccn2)cc1.O=S(=O)(O)O. The van der Waals surface area contributed by atoms with Crippen molar-refractivity contribution in [1.82, 2.24) is 15.4 Å². The van der Waals surface area contributed by atoms with Crippen molar-refractivity contribution < 1.29 is 22.3 Å². The molecule has 2 heterocycles. The van der Waals surface area contributed by atoms with Crippen molar-refractivity contribution in [3.8, 4) is 0 Å². The highest BCUT2D eigenvalue weighted by molar-refractivity contribution is 7.79. The molecule has 2 aromatic heterocycles. The Morgan fingerprint density at radius 3 is 1.84 bits per heavy atom. The zero-order valence-corrected chi connectivity index (χ0v) is 16.7. The molecule has 0 spiro atoms. The second-order valence-corrected chi connectivity index (χ2v) is 6.50. The van der Waals surface area contributed by atoms with Crippen molar-refractivity contribution in [1.29, 1.82) is 0 Å². The highest BCUT2D eigenvalue weighted by atomic mass is 32.3. The number of aromatic nitrogens is 2. The maximum Gasteiger partial charge on any atom is 0.394 e. The van der Waals surface area contributed by atoms with Crippen LogP contribution in [0.1, 0.15) is 21.7 Å². The highest BCUT2D eigenvalue weighted by Crippen LogP contribution is 2.09. The Bertz CT molecular complexity index is 1110. The van der Waals surface area contributed by atoms with E-state index >= 15 is 0 Å². The van der Waals surface area contributed by atoms with Gasteiger partial charge in [-0.05, 0) is 48.5 Å². The summed E-state index contributed by atoms with van der Waals surface area (Å²) in [7, 11) is -4.67. The van der Waals surface area contributed by atoms with Gasteiger partial charge >= 0.3 is 10.4 Å². The Morgan fingerprint density at radius 2 is 1.35 bits per heavy atom. The Kier molecular flexibility index (Phi) is 8.91. The second-order valence-electron chi connectivity index (χ2n) is 5.60. The average Bonchev–Trinajstić information content (AvgIpc) is 2.74. The van der Waals surface area contributed by atoms with E-state index in [0.717, 1.165) is 11.4 Å². The van der Waals surface area contributed by atoms with Crippen molar-refractivity contribution in [2.24, 2.45) is 10.2 Å². The molecule has 31 heavy (non-hydrogen) atoms. The number of anilines is 1. The van der Waals surface area contributed by atoms with Crippen molar-refractivity contribution in [3.05, 3.63) is 90.0 Å². The molecule has 12 heteroatoms. The van der Waals surface area contributed by atoms with Crippen LogP contribution in [-0.4, -0.2) is 45.8 Å². The molecule has 0 saturated carbocycles. The number of carbonyl (C=O) groups excluding carboxylic acids is 1. The minimum absolute atomic E-state index is 0.305. The van der Waals surface area contributed by atoms with E-state index in [9.17, 15) is 4.79 Å². The molecule has 160 valence electrons. The van der Waals surface area contributed by atoms with Gasteiger partial charge in [-0.3, -0.25) is 29.3 Å². The Balaban J connectivity index is 0.000000614. The molecule has 0 unspecified atom stereocenters. The largest absolute Gasteiger partial charge is 0.394 e. The number of rotatable bonds is 6. The predicted octanol–water partition coefficient (Wildman–Crippen LogP) is 2.03. The van der Waals surface area contributed by atoms with Gasteiger partial charge in [0.05, 0.1) is 29.5 Å². The fourth-order valence-electron chi connectivity index (χ4n) is 2.00. The zero-order chi connectivity index (χ0) is 22.5. The summed E-state index contributed by atoms with van der Waals surface area (Å²) < 4.78 is 31.6. The number of benzene rings is 1. The van der Waals surface area contributed by atoms with Crippen LogP contribution >= 0.6 is 0 Å². The minimum Gasteiger partial charge on any atom is -0.278 e. The van der Waals surface area contributed by atoms with Gasteiger partial charge in [0, 0.05) is 18.0 Å². The lowest BCUT2D eigenvalue weighted by Gasteiger charge is -2.02. The van der Waals surface area contributed by atoms with Gasteiger partial charge in [0.25, 0.3) is 5.91 Å². The van der Waals surface area contributed by atoms with Crippen molar-refractivity contribution in [2.75, 3.05) is 5.43 Å². The lowest BCUT2D eigenvalue weighted by molar-refractivity contribution is 0.0955. The Morgan fingerprint density at radius 1 is 0.839 bits per heavy atom. The van der Waals surface area contributed by atoms with Crippen LogP contribution in [0.15, 0.2) is 83.3 Å². The van der Waals surface area contributed by atoms with E-state index in [-0.39, 0.29) is 5.91 Å².